The molecule has 1 atom stereocenters. The van der Waals surface area contributed by atoms with Crippen molar-refractivity contribution in [3.05, 3.63) is 65.2 Å². The molecule has 0 aliphatic carbocycles. The number of rotatable bonds is 3. The smallest absolute Gasteiger partial charge is 0.119 e. The van der Waals surface area contributed by atoms with Crippen molar-refractivity contribution in [2.75, 3.05) is 7.11 Å². The van der Waals surface area contributed by atoms with Gasteiger partial charge in [0.1, 0.15) is 5.75 Å². The van der Waals surface area contributed by atoms with Crippen molar-refractivity contribution in [1.82, 2.24) is 0 Å². The molecule has 88 valence electrons. The average Bonchev–Trinajstić information content (AvgIpc) is 2.39. The van der Waals surface area contributed by atoms with Gasteiger partial charge in [-0.3, -0.25) is 0 Å². The van der Waals surface area contributed by atoms with Gasteiger partial charge in [-0.05, 0) is 30.2 Å². The van der Waals surface area contributed by atoms with Crippen LogP contribution >= 0.6 is 15.9 Å². The molecule has 0 N–H and O–H groups in total. The van der Waals surface area contributed by atoms with Crippen LogP contribution < -0.4 is 4.74 Å². The van der Waals surface area contributed by atoms with E-state index >= 15 is 0 Å². The van der Waals surface area contributed by atoms with Gasteiger partial charge < -0.3 is 4.74 Å². The maximum Gasteiger partial charge on any atom is 0.119 e. The summed E-state index contributed by atoms with van der Waals surface area (Å²) in [6.07, 6.45) is 0. The molecule has 0 saturated carbocycles. The van der Waals surface area contributed by atoms with Gasteiger partial charge in [0.25, 0.3) is 0 Å². The number of halogens is 1. The van der Waals surface area contributed by atoms with Crippen LogP contribution in [-0.2, 0) is 0 Å². The predicted molar refractivity (Wildman–Crippen MR) is 74.9 cm³/mol. The molecule has 0 bridgehead atoms. The summed E-state index contributed by atoms with van der Waals surface area (Å²) in [5, 5.41) is 0. The maximum atomic E-state index is 5.24. The summed E-state index contributed by atoms with van der Waals surface area (Å²) in [7, 11) is 1.69. The Morgan fingerprint density at radius 3 is 2.35 bits per heavy atom. The van der Waals surface area contributed by atoms with Gasteiger partial charge in [0, 0.05) is 0 Å². The molecule has 0 aliphatic rings. The minimum Gasteiger partial charge on any atom is -0.497 e. The Morgan fingerprint density at radius 2 is 1.71 bits per heavy atom. The SMILES string of the molecule is COc1cccc(C(Br)c2ccc(C)cc2)c1. The first-order valence-corrected chi connectivity index (χ1v) is 6.47. The van der Waals surface area contributed by atoms with E-state index in [1.165, 1.54) is 16.7 Å². The van der Waals surface area contributed by atoms with Gasteiger partial charge in [0.2, 0.25) is 0 Å². The van der Waals surface area contributed by atoms with E-state index in [2.05, 4.69) is 59.3 Å². The normalized spacial score (nSPS) is 12.2. The first kappa shape index (κ1) is 12.2. The second-order valence-corrected chi connectivity index (χ2v) is 4.97. The lowest BCUT2D eigenvalue weighted by Crippen LogP contribution is -1.93. The van der Waals surface area contributed by atoms with Gasteiger partial charge in [-0.2, -0.15) is 0 Å². The molecule has 0 spiro atoms. The summed E-state index contributed by atoms with van der Waals surface area (Å²) in [5.74, 6) is 0.888. The molecule has 0 saturated heterocycles. The maximum absolute atomic E-state index is 5.24. The van der Waals surface area contributed by atoms with E-state index in [0.717, 1.165) is 5.75 Å². The molecule has 17 heavy (non-hydrogen) atoms. The van der Waals surface area contributed by atoms with E-state index in [1.54, 1.807) is 7.11 Å². The van der Waals surface area contributed by atoms with Gasteiger partial charge in [0.15, 0.2) is 0 Å². The molecular formula is C15H15BrO. The van der Waals surface area contributed by atoms with E-state index in [1.807, 2.05) is 12.1 Å². The molecule has 0 fully saturated rings. The molecule has 0 radical (unpaired) electrons. The van der Waals surface area contributed by atoms with Crippen molar-refractivity contribution in [1.29, 1.82) is 0 Å². The Labute approximate surface area is 111 Å². The first-order valence-electron chi connectivity index (χ1n) is 5.55. The van der Waals surface area contributed by atoms with Crippen LogP contribution in [0, 0.1) is 6.92 Å². The van der Waals surface area contributed by atoms with E-state index in [9.17, 15) is 0 Å². The Morgan fingerprint density at radius 1 is 1.00 bits per heavy atom. The number of hydrogen-bond donors (Lipinski definition) is 0. The van der Waals surface area contributed by atoms with E-state index in [4.69, 9.17) is 4.74 Å². The fourth-order valence-corrected chi connectivity index (χ4v) is 2.32. The van der Waals surface area contributed by atoms with Crippen molar-refractivity contribution in [3.8, 4) is 5.75 Å². The van der Waals surface area contributed by atoms with Gasteiger partial charge in [-0.15, -0.1) is 0 Å². The predicted octanol–water partition coefficient (Wildman–Crippen LogP) is 4.49. The van der Waals surface area contributed by atoms with Gasteiger partial charge >= 0.3 is 0 Å². The number of benzene rings is 2. The van der Waals surface area contributed by atoms with Crippen molar-refractivity contribution in [2.45, 2.75) is 11.8 Å². The van der Waals surface area contributed by atoms with Crippen LogP contribution in [0.1, 0.15) is 21.5 Å². The Bertz CT molecular complexity index is 491. The molecule has 0 aromatic heterocycles. The number of ether oxygens (including phenoxy) is 1. The van der Waals surface area contributed by atoms with Crippen LogP contribution in [0.3, 0.4) is 0 Å². The second kappa shape index (κ2) is 5.37. The largest absolute Gasteiger partial charge is 0.497 e. The Hall–Kier alpha value is -1.28. The third kappa shape index (κ3) is 2.89. The van der Waals surface area contributed by atoms with E-state index in [0.29, 0.717) is 0 Å². The average molecular weight is 291 g/mol. The van der Waals surface area contributed by atoms with Crippen LogP contribution in [-0.4, -0.2) is 7.11 Å². The van der Waals surface area contributed by atoms with Crippen molar-refractivity contribution >= 4 is 15.9 Å². The van der Waals surface area contributed by atoms with Crippen molar-refractivity contribution in [3.63, 3.8) is 0 Å². The molecule has 2 aromatic rings. The second-order valence-electron chi connectivity index (χ2n) is 4.05. The standard InChI is InChI=1S/C15H15BrO/c1-11-6-8-12(9-7-11)15(16)13-4-3-5-14(10-13)17-2/h3-10,15H,1-2H3. The highest BCUT2D eigenvalue weighted by Crippen LogP contribution is 2.32. The number of aryl methyl sites for hydroxylation is 1. The highest BCUT2D eigenvalue weighted by atomic mass is 79.9. The molecule has 1 nitrogen and oxygen atoms in total. The Balaban J connectivity index is 2.29. The minimum absolute atomic E-state index is 0.207. The molecule has 2 rings (SSSR count). The fourth-order valence-electron chi connectivity index (χ4n) is 1.73. The quantitative estimate of drug-likeness (QED) is 0.757. The third-order valence-electron chi connectivity index (χ3n) is 2.76. The molecule has 1 unspecified atom stereocenters. The fraction of sp³-hybridized carbons (Fsp3) is 0.200. The highest BCUT2D eigenvalue weighted by molar-refractivity contribution is 9.09. The molecule has 2 aromatic carbocycles. The van der Waals surface area contributed by atoms with Crippen LogP contribution in [0.15, 0.2) is 48.5 Å². The van der Waals surface area contributed by atoms with Crippen LogP contribution in [0.2, 0.25) is 0 Å². The lowest BCUT2D eigenvalue weighted by molar-refractivity contribution is 0.414. The van der Waals surface area contributed by atoms with Crippen molar-refractivity contribution < 1.29 is 4.74 Å². The highest BCUT2D eigenvalue weighted by Gasteiger charge is 2.10. The van der Waals surface area contributed by atoms with Gasteiger partial charge in [-0.25, -0.2) is 0 Å². The molecule has 0 aliphatic heterocycles. The Kier molecular flexibility index (Phi) is 3.85. The first-order chi connectivity index (χ1) is 8.20. The van der Waals surface area contributed by atoms with Gasteiger partial charge in [0.05, 0.1) is 11.9 Å². The summed E-state index contributed by atoms with van der Waals surface area (Å²) >= 11 is 3.73. The third-order valence-corrected chi connectivity index (χ3v) is 3.81. The van der Waals surface area contributed by atoms with Crippen LogP contribution in [0.5, 0.6) is 5.75 Å². The topological polar surface area (TPSA) is 9.23 Å². The summed E-state index contributed by atoms with van der Waals surface area (Å²) in [6.45, 7) is 2.10. The summed E-state index contributed by atoms with van der Waals surface area (Å²) in [4.78, 5) is 0.207. The summed E-state index contributed by atoms with van der Waals surface area (Å²) in [5.41, 5.74) is 3.73. The minimum atomic E-state index is 0.207. The van der Waals surface area contributed by atoms with Crippen LogP contribution in [0.25, 0.3) is 0 Å². The van der Waals surface area contributed by atoms with Crippen molar-refractivity contribution in [2.24, 2.45) is 0 Å². The summed E-state index contributed by atoms with van der Waals surface area (Å²) < 4.78 is 5.24. The molecule has 0 heterocycles. The number of alkyl halides is 1. The van der Waals surface area contributed by atoms with E-state index < -0.39 is 0 Å². The zero-order valence-corrected chi connectivity index (χ0v) is 11.6. The zero-order valence-electron chi connectivity index (χ0n) is 9.98. The number of hydrogen-bond acceptors (Lipinski definition) is 1. The zero-order chi connectivity index (χ0) is 12.3. The summed E-state index contributed by atoms with van der Waals surface area (Å²) in [6, 6.07) is 16.7. The van der Waals surface area contributed by atoms with Gasteiger partial charge in [-0.1, -0.05) is 57.9 Å². The van der Waals surface area contributed by atoms with Crippen LogP contribution in [0.4, 0.5) is 0 Å². The monoisotopic (exact) mass is 290 g/mol. The van der Waals surface area contributed by atoms with E-state index in [-0.39, 0.29) is 4.83 Å². The molecule has 2 heteroatoms. The number of methoxy groups -OCH3 is 1. The molecular weight excluding hydrogens is 276 g/mol. The molecule has 0 amide bonds. The lowest BCUT2D eigenvalue weighted by Gasteiger charge is -2.12. The lowest BCUT2D eigenvalue weighted by atomic mass is 10.0.